The second-order valence-electron chi connectivity index (χ2n) is 7.24. The maximum Gasteiger partial charge on any atom is 0.393 e. The minimum Gasteiger partial charge on any atom is -0.457 e. The second kappa shape index (κ2) is 8.01. The molecule has 6 nitrogen and oxygen atoms in total. The van der Waals surface area contributed by atoms with E-state index in [0.717, 1.165) is 30.6 Å². The van der Waals surface area contributed by atoms with Crippen molar-refractivity contribution in [3.05, 3.63) is 59.9 Å². The van der Waals surface area contributed by atoms with Gasteiger partial charge in [0.05, 0.1) is 17.5 Å². The molecule has 0 saturated heterocycles. The van der Waals surface area contributed by atoms with Gasteiger partial charge in [-0.25, -0.2) is 13.1 Å². The van der Waals surface area contributed by atoms with Crippen LogP contribution in [0.1, 0.15) is 17.7 Å². The molecule has 31 heavy (non-hydrogen) atoms. The fraction of sp³-hybridized carbons (Fsp3) is 0.286. The van der Waals surface area contributed by atoms with Crippen LogP contribution in [0.25, 0.3) is 11.1 Å². The maximum absolute atomic E-state index is 12.6. The van der Waals surface area contributed by atoms with Gasteiger partial charge in [0.15, 0.2) is 0 Å². The first-order valence-corrected chi connectivity index (χ1v) is 11.1. The maximum atomic E-state index is 12.6. The summed E-state index contributed by atoms with van der Waals surface area (Å²) in [5.41, 5.74) is 2.45. The van der Waals surface area contributed by atoms with E-state index in [2.05, 4.69) is 9.82 Å². The minimum absolute atomic E-state index is 0.0795. The molecule has 1 aromatic heterocycles. The van der Waals surface area contributed by atoms with Crippen molar-refractivity contribution in [2.24, 2.45) is 0 Å². The molecule has 0 fully saturated rings. The van der Waals surface area contributed by atoms with E-state index in [4.69, 9.17) is 4.74 Å². The summed E-state index contributed by atoms with van der Waals surface area (Å²) in [5, 5.41) is 4.37. The number of fused-ring (bicyclic) bond motifs is 1. The van der Waals surface area contributed by atoms with Crippen molar-refractivity contribution in [3.63, 3.8) is 0 Å². The van der Waals surface area contributed by atoms with Crippen LogP contribution in [0, 0.1) is 0 Å². The summed E-state index contributed by atoms with van der Waals surface area (Å²) in [7, 11) is -2.34. The molecule has 0 aliphatic carbocycles. The number of hydrogen-bond donors (Lipinski definition) is 1. The van der Waals surface area contributed by atoms with Crippen LogP contribution in [0.5, 0.6) is 11.5 Å². The molecule has 0 spiro atoms. The Balaban J connectivity index is 1.72. The highest BCUT2D eigenvalue weighted by atomic mass is 32.2. The lowest BCUT2D eigenvalue weighted by Gasteiger charge is -2.14. The Morgan fingerprint density at radius 3 is 2.55 bits per heavy atom. The lowest BCUT2D eigenvalue weighted by Crippen LogP contribution is -2.18. The Labute approximate surface area is 177 Å². The van der Waals surface area contributed by atoms with E-state index in [1.807, 2.05) is 4.68 Å². The van der Waals surface area contributed by atoms with Gasteiger partial charge >= 0.3 is 6.18 Å². The third kappa shape index (κ3) is 4.59. The number of hydrogen-bond acceptors (Lipinski definition) is 4. The number of nitrogens with one attached hydrogen (secondary N) is 1. The molecule has 1 aliphatic heterocycles. The molecule has 0 unspecified atom stereocenters. The Hall–Kier alpha value is -2.85. The largest absolute Gasteiger partial charge is 0.457 e. The van der Waals surface area contributed by atoms with Crippen LogP contribution in [0.3, 0.4) is 0 Å². The molecular formula is C21H20F3N3O3S. The molecule has 2 heterocycles. The van der Waals surface area contributed by atoms with Crippen LogP contribution < -0.4 is 9.46 Å². The lowest BCUT2D eigenvalue weighted by molar-refractivity contribution is -0.127. The van der Waals surface area contributed by atoms with Crippen LogP contribution in [-0.2, 0) is 29.4 Å². The van der Waals surface area contributed by atoms with E-state index in [9.17, 15) is 21.6 Å². The fourth-order valence-corrected chi connectivity index (χ4v) is 4.37. The first kappa shape index (κ1) is 21.4. The van der Waals surface area contributed by atoms with Gasteiger partial charge in [-0.1, -0.05) is 12.1 Å². The van der Waals surface area contributed by atoms with E-state index in [1.54, 1.807) is 12.3 Å². The molecule has 0 amide bonds. The van der Waals surface area contributed by atoms with Crippen molar-refractivity contribution in [2.45, 2.75) is 36.9 Å². The zero-order valence-corrected chi connectivity index (χ0v) is 17.4. The molecule has 1 N–H and O–H groups in total. The van der Waals surface area contributed by atoms with Crippen LogP contribution in [-0.4, -0.2) is 31.4 Å². The van der Waals surface area contributed by atoms with Crippen molar-refractivity contribution in [1.82, 2.24) is 14.5 Å². The molecule has 0 atom stereocenters. The van der Waals surface area contributed by atoms with Gasteiger partial charge in [0.25, 0.3) is 0 Å². The van der Waals surface area contributed by atoms with E-state index in [-0.39, 0.29) is 10.5 Å². The predicted molar refractivity (Wildman–Crippen MR) is 109 cm³/mol. The summed E-state index contributed by atoms with van der Waals surface area (Å²) in [4.78, 5) is 0.0795. The molecule has 4 rings (SSSR count). The van der Waals surface area contributed by atoms with E-state index >= 15 is 0 Å². The van der Waals surface area contributed by atoms with Gasteiger partial charge in [0.1, 0.15) is 11.5 Å². The minimum atomic E-state index is -4.28. The highest BCUT2D eigenvalue weighted by molar-refractivity contribution is 7.89. The van der Waals surface area contributed by atoms with Crippen molar-refractivity contribution in [3.8, 4) is 22.6 Å². The standard InChI is InChI=1S/C21H20F3N3O3S/c1-25-31(28,29)16-8-9-20(17(11-16)18-13-26-27-10-2-3-19(18)27)30-15-6-4-14(5-7-15)12-21(22,23)24/h4-9,11,13,25H,2-3,10,12H2,1H3. The molecule has 1 aliphatic rings. The number of nitrogens with zero attached hydrogens (tertiary/aromatic N) is 2. The Kier molecular flexibility index (Phi) is 5.52. The molecule has 10 heteroatoms. The van der Waals surface area contributed by atoms with Crippen LogP contribution in [0.4, 0.5) is 13.2 Å². The Morgan fingerprint density at radius 2 is 1.87 bits per heavy atom. The number of alkyl halides is 3. The monoisotopic (exact) mass is 451 g/mol. The van der Waals surface area contributed by atoms with Crippen LogP contribution in [0.2, 0.25) is 0 Å². The average molecular weight is 451 g/mol. The number of rotatable bonds is 6. The summed E-state index contributed by atoms with van der Waals surface area (Å²) in [6, 6.07) is 10.1. The zero-order chi connectivity index (χ0) is 22.2. The summed E-state index contributed by atoms with van der Waals surface area (Å²) in [6.45, 7) is 0.792. The zero-order valence-electron chi connectivity index (χ0n) is 16.6. The number of sulfonamides is 1. The van der Waals surface area contributed by atoms with Crippen molar-refractivity contribution in [1.29, 1.82) is 0 Å². The molecule has 0 radical (unpaired) electrons. The molecule has 3 aromatic rings. The quantitative estimate of drug-likeness (QED) is 0.607. The normalized spacial score (nSPS) is 13.9. The highest BCUT2D eigenvalue weighted by Gasteiger charge is 2.27. The highest BCUT2D eigenvalue weighted by Crippen LogP contribution is 2.38. The van der Waals surface area contributed by atoms with Gasteiger partial charge in [-0.15, -0.1) is 0 Å². The van der Waals surface area contributed by atoms with Crippen LogP contribution >= 0.6 is 0 Å². The summed E-state index contributed by atoms with van der Waals surface area (Å²) in [6.07, 6.45) is -1.87. The molecule has 2 aromatic carbocycles. The third-order valence-corrected chi connectivity index (χ3v) is 6.52. The summed E-state index contributed by atoms with van der Waals surface area (Å²) in [5.74, 6) is 0.738. The smallest absolute Gasteiger partial charge is 0.393 e. The predicted octanol–water partition coefficient (Wildman–Crippen LogP) is 4.30. The number of aryl methyl sites for hydroxylation is 1. The number of benzene rings is 2. The van der Waals surface area contributed by atoms with Gasteiger partial charge in [-0.05, 0) is 55.8 Å². The average Bonchev–Trinajstić information content (AvgIpc) is 3.32. The van der Waals surface area contributed by atoms with Crippen LogP contribution in [0.15, 0.2) is 53.6 Å². The molecule has 0 saturated carbocycles. The lowest BCUT2D eigenvalue weighted by atomic mass is 10.0. The Bertz CT molecular complexity index is 1200. The number of ether oxygens (including phenoxy) is 1. The Morgan fingerprint density at radius 1 is 1.13 bits per heavy atom. The second-order valence-corrected chi connectivity index (χ2v) is 9.12. The summed E-state index contributed by atoms with van der Waals surface area (Å²) < 4.78 is 72.5. The van der Waals surface area contributed by atoms with E-state index in [1.165, 1.54) is 43.4 Å². The molecule has 164 valence electrons. The van der Waals surface area contributed by atoms with Gasteiger partial charge in [-0.2, -0.15) is 18.3 Å². The SMILES string of the molecule is CNS(=O)(=O)c1ccc(Oc2ccc(CC(F)(F)F)cc2)c(-c2cnn3c2CCC3)c1. The van der Waals surface area contributed by atoms with Gasteiger partial charge < -0.3 is 4.74 Å². The molecular weight excluding hydrogens is 431 g/mol. The first-order chi connectivity index (χ1) is 14.7. The summed E-state index contributed by atoms with van der Waals surface area (Å²) >= 11 is 0. The first-order valence-electron chi connectivity index (χ1n) is 9.62. The fourth-order valence-electron chi connectivity index (χ4n) is 3.62. The van der Waals surface area contributed by atoms with Gasteiger partial charge in [0.2, 0.25) is 10.0 Å². The number of aromatic nitrogens is 2. The van der Waals surface area contributed by atoms with E-state index < -0.39 is 22.6 Å². The molecule has 0 bridgehead atoms. The van der Waals surface area contributed by atoms with Crippen molar-refractivity contribution < 1.29 is 26.3 Å². The van der Waals surface area contributed by atoms with Gasteiger partial charge in [-0.3, -0.25) is 4.68 Å². The van der Waals surface area contributed by atoms with E-state index in [0.29, 0.717) is 17.1 Å². The van der Waals surface area contributed by atoms with Gasteiger partial charge in [0, 0.05) is 23.4 Å². The number of halogens is 3. The van der Waals surface area contributed by atoms with Crippen molar-refractivity contribution >= 4 is 10.0 Å². The topological polar surface area (TPSA) is 73.2 Å². The third-order valence-electron chi connectivity index (χ3n) is 5.11. The van der Waals surface area contributed by atoms with Crippen molar-refractivity contribution in [2.75, 3.05) is 7.05 Å².